The van der Waals surface area contributed by atoms with Crippen LogP contribution >= 0.6 is 23.4 Å². The highest BCUT2D eigenvalue weighted by Gasteiger charge is 2.14. The molecule has 33 heavy (non-hydrogen) atoms. The minimum absolute atomic E-state index is 0.225. The average molecular weight is 477 g/mol. The second-order valence-corrected chi connectivity index (χ2v) is 8.64. The Kier molecular flexibility index (Phi) is 5.89. The normalized spacial score (nSPS) is 11.3. The van der Waals surface area contributed by atoms with E-state index in [1.165, 1.54) is 40.8 Å². The van der Waals surface area contributed by atoms with E-state index in [1.54, 1.807) is 16.7 Å². The summed E-state index contributed by atoms with van der Waals surface area (Å²) in [6, 6.07) is 14.8. The Morgan fingerprint density at radius 3 is 2.64 bits per heavy atom. The molecule has 0 saturated carbocycles. The standard InChI is InChI=1S/C23H17ClN6O2S/c24-16-6-7-18-27-17(12-19(31)30(18)13-16)14-33-23-28-21-20(25-9-10-26-21)22(32)29(23)11-8-15-4-2-1-3-5-15/h1-7,9-10,12-13H,8,11,14H2. The third kappa shape index (κ3) is 4.50. The van der Waals surface area contributed by atoms with Gasteiger partial charge >= 0.3 is 0 Å². The number of hydrogen-bond donors (Lipinski definition) is 0. The first-order chi connectivity index (χ1) is 16.1. The first kappa shape index (κ1) is 21.3. The molecule has 0 atom stereocenters. The van der Waals surface area contributed by atoms with Crippen LogP contribution in [-0.2, 0) is 18.7 Å². The lowest BCUT2D eigenvalue weighted by Gasteiger charge is -2.12. The van der Waals surface area contributed by atoms with E-state index >= 15 is 0 Å². The molecule has 0 saturated heterocycles. The maximum Gasteiger partial charge on any atom is 0.282 e. The molecule has 0 radical (unpaired) electrons. The smallest absolute Gasteiger partial charge is 0.282 e. The van der Waals surface area contributed by atoms with E-state index in [0.717, 1.165) is 5.56 Å². The zero-order chi connectivity index (χ0) is 22.8. The van der Waals surface area contributed by atoms with Gasteiger partial charge in [0.25, 0.3) is 11.1 Å². The Morgan fingerprint density at radius 1 is 0.970 bits per heavy atom. The lowest BCUT2D eigenvalue weighted by molar-refractivity contribution is 0.592. The summed E-state index contributed by atoms with van der Waals surface area (Å²) < 4.78 is 3.01. The molecule has 5 aromatic rings. The third-order valence-electron chi connectivity index (χ3n) is 5.05. The predicted octanol–water partition coefficient (Wildman–Crippen LogP) is 3.38. The van der Waals surface area contributed by atoms with Crippen LogP contribution in [0.2, 0.25) is 5.02 Å². The van der Waals surface area contributed by atoms with Gasteiger partial charge in [-0.25, -0.2) is 19.9 Å². The quantitative estimate of drug-likeness (QED) is 0.274. The predicted molar refractivity (Wildman–Crippen MR) is 128 cm³/mol. The molecule has 1 aromatic carbocycles. The molecule has 5 rings (SSSR count). The Bertz CT molecular complexity index is 1590. The van der Waals surface area contributed by atoms with Crippen LogP contribution < -0.4 is 11.1 Å². The molecule has 0 bridgehead atoms. The number of aryl methyl sites for hydroxylation is 1. The van der Waals surface area contributed by atoms with Crippen LogP contribution in [-0.4, -0.2) is 28.9 Å². The van der Waals surface area contributed by atoms with E-state index in [-0.39, 0.29) is 16.6 Å². The van der Waals surface area contributed by atoms with Gasteiger partial charge < -0.3 is 0 Å². The third-order valence-corrected chi connectivity index (χ3v) is 6.29. The second-order valence-electron chi connectivity index (χ2n) is 7.27. The number of pyridine rings is 1. The van der Waals surface area contributed by atoms with Crippen LogP contribution in [0.1, 0.15) is 11.3 Å². The monoisotopic (exact) mass is 476 g/mol. The first-order valence-corrected chi connectivity index (χ1v) is 11.5. The van der Waals surface area contributed by atoms with Crippen LogP contribution in [0, 0.1) is 0 Å². The van der Waals surface area contributed by atoms with Crippen molar-refractivity contribution in [2.75, 3.05) is 0 Å². The molecule has 8 nitrogen and oxygen atoms in total. The molecule has 4 heterocycles. The number of hydrogen-bond acceptors (Lipinski definition) is 7. The van der Waals surface area contributed by atoms with E-state index < -0.39 is 0 Å². The van der Waals surface area contributed by atoms with Crippen molar-refractivity contribution in [2.24, 2.45) is 0 Å². The fourth-order valence-corrected chi connectivity index (χ4v) is 4.53. The Labute approximate surface area is 197 Å². The van der Waals surface area contributed by atoms with Crippen molar-refractivity contribution in [2.45, 2.75) is 23.9 Å². The Hall–Kier alpha value is -3.56. The highest BCUT2D eigenvalue weighted by Crippen LogP contribution is 2.21. The van der Waals surface area contributed by atoms with Gasteiger partial charge in [-0.15, -0.1) is 0 Å². The molecule has 0 N–H and O–H groups in total. The maximum absolute atomic E-state index is 13.2. The van der Waals surface area contributed by atoms with E-state index in [9.17, 15) is 9.59 Å². The summed E-state index contributed by atoms with van der Waals surface area (Å²) >= 11 is 7.31. The van der Waals surface area contributed by atoms with Gasteiger partial charge in [0.05, 0.1) is 10.7 Å². The van der Waals surface area contributed by atoms with Gasteiger partial charge in [-0.2, -0.15) is 0 Å². The van der Waals surface area contributed by atoms with Crippen molar-refractivity contribution in [1.82, 2.24) is 28.9 Å². The minimum atomic E-state index is -0.243. The lowest BCUT2D eigenvalue weighted by atomic mass is 10.1. The highest BCUT2D eigenvalue weighted by atomic mass is 35.5. The molecule has 0 aliphatic carbocycles. The van der Waals surface area contributed by atoms with E-state index in [2.05, 4.69) is 19.9 Å². The van der Waals surface area contributed by atoms with Crippen molar-refractivity contribution in [3.8, 4) is 0 Å². The largest absolute Gasteiger partial charge is 0.285 e. The van der Waals surface area contributed by atoms with E-state index in [0.29, 0.717) is 45.9 Å². The number of benzene rings is 1. The highest BCUT2D eigenvalue weighted by molar-refractivity contribution is 7.98. The summed E-state index contributed by atoms with van der Waals surface area (Å²) in [6.45, 7) is 0.441. The Morgan fingerprint density at radius 2 is 1.79 bits per heavy atom. The van der Waals surface area contributed by atoms with Crippen molar-refractivity contribution >= 4 is 40.2 Å². The molecule has 0 unspecified atom stereocenters. The first-order valence-electron chi connectivity index (χ1n) is 10.1. The molecule has 0 aliphatic heterocycles. The average Bonchev–Trinajstić information content (AvgIpc) is 2.83. The van der Waals surface area contributed by atoms with E-state index in [1.807, 2.05) is 30.3 Å². The summed E-state index contributed by atoms with van der Waals surface area (Å²) in [5.74, 6) is 0.359. The van der Waals surface area contributed by atoms with Gasteiger partial charge in [0.15, 0.2) is 16.3 Å². The SMILES string of the molecule is O=c1c2nccnc2nc(SCc2cc(=O)n3cc(Cl)ccc3n2)n1CCc1ccccc1. The van der Waals surface area contributed by atoms with Crippen molar-refractivity contribution in [3.05, 3.63) is 104 Å². The van der Waals surface area contributed by atoms with Crippen LogP contribution in [0.25, 0.3) is 16.8 Å². The van der Waals surface area contributed by atoms with Crippen LogP contribution in [0.4, 0.5) is 0 Å². The molecule has 164 valence electrons. The van der Waals surface area contributed by atoms with Crippen LogP contribution in [0.15, 0.2) is 81.9 Å². The number of thioether (sulfide) groups is 1. The molecular formula is C23H17ClN6O2S. The topological polar surface area (TPSA) is 95.0 Å². The van der Waals surface area contributed by atoms with Crippen molar-refractivity contribution in [1.29, 1.82) is 0 Å². The number of rotatable bonds is 6. The van der Waals surface area contributed by atoms with Crippen molar-refractivity contribution in [3.63, 3.8) is 0 Å². The minimum Gasteiger partial charge on any atom is -0.285 e. The molecule has 0 spiro atoms. The van der Waals surface area contributed by atoms with Gasteiger partial charge in [0.2, 0.25) is 0 Å². The lowest BCUT2D eigenvalue weighted by Crippen LogP contribution is -2.25. The zero-order valence-electron chi connectivity index (χ0n) is 17.3. The number of halogens is 1. The second kappa shape index (κ2) is 9.13. The summed E-state index contributed by atoms with van der Waals surface area (Å²) in [5, 5.41) is 0.958. The summed E-state index contributed by atoms with van der Waals surface area (Å²) in [7, 11) is 0. The molecule has 0 amide bonds. The van der Waals surface area contributed by atoms with E-state index in [4.69, 9.17) is 11.6 Å². The summed E-state index contributed by atoms with van der Waals surface area (Å²) in [5.41, 5.74) is 2.25. The Balaban J connectivity index is 1.49. The fraction of sp³-hybridized carbons (Fsp3) is 0.130. The number of aromatic nitrogens is 6. The van der Waals surface area contributed by atoms with Crippen LogP contribution in [0.5, 0.6) is 0 Å². The maximum atomic E-state index is 13.2. The molecule has 0 fully saturated rings. The number of fused-ring (bicyclic) bond motifs is 2. The summed E-state index contributed by atoms with van der Waals surface area (Å²) in [4.78, 5) is 43.1. The van der Waals surface area contributed by atoms with Crippen molar-refractivity contribution < 1.29 is 0 Å². The molecule has 4 aromatic heterocycles. The van der Waals surface area contributed by atoms with Gasteiger partial charge in [-0.3, -0.25) is 18.6 Å². The van der Waals surface area contributed by atoms with Gasteiger partial charge in [-0.1, -0.05) is 53.7 Å². The van der Waals surface area contributed by atoms with Gasteiger partial charge in [0, 0.05) is 37.0 Å². The number of nitrogens with zero attached hydrogens (tertiary/aromatic N) is 6. The van der Waals surface area contributed by atoms with Gasteiger partial charge in [0.1, 0.15) is 5.65 Å². The summed E-state index contributed by atoms with van der Waals surface area (Å²) in [6.07, 6.45) is 5.19. The molecule has 10 heteroatoms. The van der Waals surface area contributed by atoms with Gasteiger partial charge in [-0.05, 0) is 24.1 Å². The van der Waals surface area contributed by atoms with Crippen LogP contribution in [0.3, 0.4) is 0 Å². The zero-order valence-corrected chi connectivity index (χ0v) is 18.8. The fourth-order valence-electron chi connectivity index (χ4n) is 3.46. The molecule has 0 aliphatic rings. The molecular weight excluding hydrogens is 460 g/mol.